The van der Waals surface area contributed by atoms with Crippen LogP contribution in [0.3, 0.4) is 0 Å². The Kier molecular flexibility index (Phi) is 5.33. The molecule has 0 bridgehead atoms. The Morgan fingerprint density at radius 3 is 2.64 bits per heavy atom. The maximum absolute atomic E-state index is 12.6. The number of aromatic nitrogens is 3. The number of halogens is 1. The van der Waals surface area contributed by atoms with E-state index in [-0.39, 0.29) is 17.9 Å². The van der Waals surface area contributed by atoms with E-state index in [4.69, 9.17) is 11.6 Å². The molecule has 1 atom stereocenters. The smallest absolute Gasteiger partial charge is 0.253 e. The third-order valence-corrected chi connectivity index (χ3v) is 4.75. The monoisotopic (exact) mass is 361 g/mol. The van der Waals surface area contributed by atoms with Crippen LogP contribution >= 0.6 is 11.6 Å². The topological polar surface area (TPSA) is 80.1 Å². The van der Waals surface area contributed by atoms with E-state index >= 15 is 0 Å². The molecule has 1 N–H and O–H groups in total. The lowest BCUT2D eigenvalue weighted by atomic mass is 10.0. The Bertz CT molecular complexity index is 741. The van der Waals surface area contributed by atoms with Gasteiger partial charge >= 0.3 is 0 Å². The minimum atomic E-state index is -0.605. The maximum atomic E-state index is 12.6. The number of likely N-dealkylation sites (tertiary alicyclic amines) is 1. The molecule has 0 spiro atoms. The predicted molar refractivity (Wildman–Crippen MR) is 93.3 cm³/mol. The largest absolute Gasteiger partial charge is 0.341 e. The second-order valence-corrected chi connectivity index (χ2v) is 6.51. The highest BCUT2D eigenvalue weighted by Crippen LogP contribution is 2.21. The molecule has 0 radical (unpaired) electrons. The Morgan fingerprint density at radius 1 is 1.28 bits per heavy atom. The number of rotatable bonds is 4. The van der Waals surface area contributed by atoms with Crippen molar-refractivity contribution in [3.63, 3.8) is 0 Å². The summed E-state index contributed by atoms with van der Waals surface area (Å²) in [5.41, 5.74) is 0.369. The number of amides is 2. The first kappa shape index (κ1) is 17.4. The fourth-order valence-corrected chi connectivity index (χ4v) is 3.23. The molecule has 25 heavy (non-hydrogen) atoms. The third-order valence-electron chi connectivity index (χ3n) is 4.42. The summed E-state index contributed by atoms with van der Waals surface area (Å²) in [7, 11) is 0. The number of piperidine rings is 1. The molecule has 2 aromatic rings. The van der Waals surface area contributed by atoms with Crippen LogP contribution in [0.15, 0.2) is 36.9 Å². The van der Waals surface area contributed by atoms with Gasteiger partial charge in [-0.15, -0.1) is 0 Å². The molecule has 1 saturated heterocycles. The average Bonchev–Trinajstić information content (AvgIpc) is 3.16. The van der Waals surface area contributed by atoms with E-state index in [0.717, 1.165) is 12.8 Å². The molecule has 0 saturated carbocycles. The van der Waals surface area contributed by atoms with Crippen LogP contribution in [-0.2, 0) is 4.79 Å². The number of hydrogen-bond acceptors (Lipinski definition) is 4. The number of nitrogens with zero attached hydrogens (tertiary/aromatic N) is 4. The van der Waals surface area contributed by atoms with Crippen LogP contribution in [0.4, 0.5) is 0 Å². The van der Waals surface area contributed by atoms with Gasteiger partial charge in [-0.05, 0) is 31.9 Å². The fourth-order valence-electron chi connectivity index (χ4n) is 3.01. The van der Waals surface area contributed by atoms with Gasteiger partial charge in [-0.25, -0.2) is 9.67 Å². The van der Waals surface area contributed by atoms with Crippen molar-refractivity contribution in [2.75, 3.05) is 13.1 Å². The van der Waals surface area contributed by atoms with E-state index in [2.05, 4.69) is 15.4 Å². The Balaban J connectivity index is 1.54. The lowest BCUT2D eigenvalue weighted by Gasteiger charge is -2.33. The Morgan fingerprint density at radius 2 is 2.00 bits per heavy atom. The minimum absolute atomic E-state index is 0.0857. The average molecular weight is 362 g/mol. The second kappa shape index (κ2) is 7.65. The van der Waals surface area contributed by atoms with Crippen LogP contribution in [-0.4, -0.2) is 50.6 Å². The van der Waals surface area contributed by atoms with Gasteiger partial charge in [0.05, 0.1) is 16.6 Å². The van der Waals surface area contributed by atoms with E-state index in [1.807, 2.05) is 4.68 Å². The van der Waals surface area contributed by atoms with Crippen LogP contribution < -0.4 is 5.32 Å². The molecule has 1 aromatic heterocycles. The SMILES string of the molecule is CC(NC(=O)c1ccccc1Cl)C(=O)N1CCC(n2cncn2)CC1. The van der Waals surface area contributed by atoms with Crippen molar-refractivity contribution in [2.45, 2.75) is 31.8 Å². The zero-order valence-electron chi connectivity index (χ0n) is 13.9. The first-order chi connectivity index (χ1) is 12.1. The van der Waals surface area contributed by atoms with E-state index in [0.29, 0.717) is 23.7 Å². The molecule has 1 aliphatic rings. The molecule has 1 fully saturated rings. The van der Waals surface area contributed by atoms with E-state index in [1.165, 1.54) is 6.33 Å². The second-order valence-electron chi connectivity index (χ2n) is 6.11. The summed E-state index contributed by atoms with van der Waals surface area (Å²) in [6.07, 6.45) is 4.86. The van der Waals surface area contributed by atoms with Gasteiger partial charge in [0.15, 0.2) is 0 Å². The molecule has 3 rings (SSSR count). The molecule has 2 amide bonds. The Labute approximate surface area is 151 Å². The van der Waals surface area contributed by atoms with Crippen LogP contribution in [0, 0.1) is 0 Å². The lowest BCUT2D eigenvalue weighted by Crippen LogP contribution is -2.49. The first-order valence-corrected chi connectivity index (χ1v) is 8.62. The fraction of sp³-hybridized carbons (Fsp3) is 0.412. The summed E-state index contributed by atoms with van der Waals surface area (Å²) >= 11 is 6.03. The van der Waals surface area contributed by atoms with Crippen molar-refractivity contribution in [2.24, 2.45) is 0 Å². The van der Waals surface area contributed by atoms with Crippen LogP contribution in [0.25, 0.3) is 0 Å². The van der Waals surface area contributed by atoms with Gasteiger partial charge in [0.1, 0.15) is 18.7 Å². The molecule has 2 heterocycles. The van der Waals surface area contributed by atoms with Gasteiger partial charge in [-0.2, -0.15) is 5.10 Å². The van der Waals surface area contributed by atoms with Gasteiger partial charge in [-0.3, -0.25) is 9.59 Å². The molecule has 0 aliphatic carbocycles. The number of hydrogen-bond donors (Lipinski definition) is 1. The zero-order valence-corrected chi connectivity index (χ0v) is 14.7. The van der Waals surface area contributed by atoms with Gasteiger partial charge in [0.2, 0.25) is 5.91 Å². The summed E-state index contributed by atoms with van der Waals surface area (Å²) in [5, 5.41) is 7.26. The molecule has 1 unspecified atom stereocenters. The summed E-state index contributed by atoms with van der Waals surface area (Å²) in [5.74, 6) is -0.429. The summed E-state index contributed by atoms with van der Waals surface area (Å²) in [6.45, 7) is 2.96. The predicted octanol–water partition coefficient (Wildman–Crippen LogP) is 1.91. The van der Waals surface area contributed by atoms with E-state index < -0.39 is 6.04 Å². The summed E-state index contributed by atoms with van der Waals surface area (Å²) in [6, 6.07) is 6.44. The number of benzene rings is 1. The highest BCUT2D eigenvalue weighted by Gasteiger charge is 2.28. The zero-order chi connectivity index (χ0) is 17.8. The quantitative estimate of drug-likeness (QED) is 0.902. The number of carbonyl (C=O) groups is 2. The van der Waals surface area contributed by atoms with Gasteiger partial charge in [-0.1, -0.05) is 23.7 Å². The van der Waals surface area contributed by atoms with Gasteiger partial charge < -0.3 is 10.2 Å². The lowest BCUT2D eigenvalue weighted by molar-refractivity contribution is -0.134. The molecular weight excluding hydrogens is 342 g/mol. The molecule has 1 aromatic carbocycles. The molecule has 132 valence electrons. The van der Waals surface area contributed by atoms with E-state index in [1.54, 1.807) is 42.4 Å². The van der Waals surface area contributed by atoms with E-state index in [9.17, 15) is 9.59 Å². The minimum Gasteiger partial charge on any atom is -0.341 e. The van der Waals surface area contributed by atoms with Gasteiger partial charge in [0.25, 0.3) is 5.91 Å². The van der Waals surface area contributed by atoms with Crippen LogP contribution in [0.2, 0.25) is 5.02 Å². The van der Waals surface area contributed by atoms with Crippen molar-refractivity contribution in [3.8, 4) is 0 Å². The van der Waals surface area contributed by atoms with Crippen molar-refractivity contribution < 1.29 is 9.59 Å². The molecular formula is C17H20ClN5O2. The van der Waals surface area contributed by atoms with Crippen LogP contribution in [0.1, 0.15) is 36.2 Å². The number of carbonyl (C=O) groups excluding carboxylic acids is 2. The van der Waals surface area contributed by atoms with Crippen molar-refractivity contribution in [1.29, 1.82) is 0 Å². The highest BCUT2D eigenvalue weighted by atomic mass is 35.5. The first-order valence-electron chi connectivity index (χ1n) is 8.24. The normalized spacial score (nSPS) is 16.5. The highest BCUT2D eigenvalue weighted by molar-refractivity contribution is 6.33. The summed E-state index contributed by atoms with van der Waals surface area (Å²) < 4.78 is 1.84. The third kappa shape index (κ3) is 3.99. The van der Waals surface area contributed by atoms with Crippen molar-refractivity contribution in [1.82, 2.24) is 25.0 Å². The number of nitrogens with one attached hydrogen (secondary N) is 1. The molecule has 7 nitrogen and oxygen atoms in total. The summed E-state index contributed by atoms with van der Waals surface area (Å²) in [4.78, 5) is 30.6. The molecule has 8 heteroatoms. The van der Waals surface area contributed by atoms with Gasteiger partial charge in [0, 0.05) is 13.1 Å². The standard InChI is InChI=1S/C17H20ClN5O2/c1-12(21-16(24)14-4-2-3-5-15(14)18)17(25)22-8-6-13(7-9-22)23-11-19-10-20-23/h2-5,10-13H,6-9H2,1H3,(H,21,24). The Hall–Kier alpha value is -2.41. The van der Waals surface area contributed by atoms with Crippen LogP contribution in [0.5, 0.6) is 0 Å². The maximum Gasteiger partial charge on any atom is 0.253 e. The van der Waals surface area contributed by atoms with Crippen molar-refractivity contribution >= 4 is 23.4 Å². The molecule has 1 aliphatic heterocycles. The van der Waals surface area contributed by atoms with Crippen molar-refractivity contribution in [3.05, 3.63) is 47.5 Å².